The van der Waals surface area contributed by atoms with E-state index in [0.29, 0.717) is 5.17 Å². The maximum atomic E-state index is 12.4. The molecule has 1 heterocycles. The lowest BCUT2D eigenvalue weighted by atomic mass is 9.87. The lowest BCUT2D eigenvalue weighted by molar-refractivity contribution is -0.143. The topological polar surface area (TPSA) is 90.9 Å². The van der Waals surface area contributed by atoms with Crippen LogP contribution in [-0.2, 0) is 14.4 Å². The second kappa shape index (κ2) is 8.00. The molecule has 0 radical (unpaired) electrons. The van der Waals surface area contributed by atoms with E-state index in [4.69, 9.17) is 0 Å². The number of Topliss-reactive ketones (excluding diaryl/α,β-unsaturated/α-hetero) is 1. The summed E-state index contributed by atoms with van der Waals surface area (Å²) in [6, 6.07) is 0. The molecule has 0 atom stereocenters. The van der Waals surface area contributed by atoms with Gasteiger partial charge in [0.25, 0.3) is 0 Å². The second-order valence-electron chi connectivity index (χ2n) is 6.88. The van der Waals surface area contributed by atoms with Gasteiger partial charge in [-0.25, -0.2) is 5.43 Å². The van der Waals surface area contributed by atoms with Crippen LogP contribution in [0.15, 0.2) is 5.10 Å². The van der Waals surface area contributed by atoms with Gasteiger partial charge in [-0.1, -0.05) is 31.0 Å². The minimum atomic E-state index is -1.24. The molecule has 0 spiro atoms. The van der Waals surface area contributed by atoms with Crippen molar-refractivity contribution in [2.24, 2.45) is 11.0 Å². The van der Waals surface area contributed by atoms with Crippen molar-refractivity contribution in [3.8, 4) is 0 Å². The molecular formula is C16H26N4O3S. The monoisotopic (exact) mass is 354 g/mol. The number of carbonyl (C=O) groups is 3. The number of nitrogens with one attached hydrogen (secondary N) is 2. The van der Waals surface area contributed by atoms with Crippen molar-refractivity contribution in [2.75, 3.05) is 19.3 Å². The van der Waals surface area contributed by atoms with E-state index in [1.807, 2.05) is 11.9 Å². The molecule has 0 unspecified atom stereocenters. The normalized spacial score (nSPS) is 21.0. The lowest BCUT2D eigenvalue weighted by Crippen LogP contribution is -2.55. The molecule has 2 amide bonds. The highest BCUT2D eigenvalue weighted by molar-refractivity contribution is 8.14. The largest absolute Gasteiger partial charge is 0.352 e. The first kappa shape index (κ1) is 18.8. The quantitative estimate of drug-likeness (QED) is 0.570. The summed E-state index contributed by atoms with van der Waals surface area (Å²) in [6.45, 7) is 3.97. The summed E-state index contributed by atoms with van der Waals surface area (Å²) in [4.78, 5) is 38.6. The maximum absolute atomic E-state index is 12.4. The van der Waals surface area contributed by atoms with Gasteiger partial charge in [0.2, 0.25) is 11.7 Å². The number of hydrogen-bond donors (Lipinski definition) is 2. The van der Waals surface area contributed by atoms with E-state index in [2.05, 4.69) is 15.8 Å². The molecule has 0 bridgehead atoms. The Morgan fingerprint density at radius 3 is 2.46 bits per heavy atom. The third-order valence-electron chi connectivity index (χ3n) is 4.42. The van der Waals surface area contributed by atoms with E-state index in [-0.39, 0.29) is 11.8 Å². The van der Waals surface area contributed by atoms with Gasteiger partial charge in [0, 0.05) is 25.3 Å². The molecule has 1 aliphatic heterocycles. The average Bonchev–Trinajstić information content (AvgIpc) is 2.97. The molecule has 0 aromatic rings. The Bertz CT molecular complexity index is 541. The van der Waals surface area contributed by atoms with E-state index in [1.165, 1.54) is 11.8 Å². The molecule has 2 aliphatic rings. The third kappa shape index (κ3) is 4.72. The maximum Gasteiger partial charge on any atom is 0.310 e. The Labute approximate surface area is 147 Å². The highest BCUT2D eigenvalue weighted by Gasteiger charge is 2.36. The van der Waals surface area contributed by atoms with Crippen LogP contribution in [0, 0.1) is 5.92 Å². The summed E-state index contributed by atoms with van der Waals surface area (Å²) in [7, 11) is 1.88. The number of amides is 2. The number of ketones is 1. The predicted octanol–water partition coefficient (Wildman–Crippen LogP) is 1.10. The van der Waals surface area contributed by atoms with Crippen molar-refractivity contribution < 1.29 is 14.4 Å². The Hall–Kier alpha value is -1.57. The smallest absolute Gasteiger partial charge is 0.310 e. The lowest BCUT2D eigenvalue weighted by Gasteiger charge is -2.28. The standard InChI is InChI=1S/C16H26N4O3S/c1-16(2,17-13(22)11-7-5-4-6-8-11)12(21)14(23)18-19-15-20(3)9-10-24-15/h11H,4-10H2,1-3H3,(H,17,22)(H,18,23). The van der Waals surface area contributed by atoms with Crippen LogP contribution in [0.5, 0.6) is 0 Å². The predicted molar refractivity (Wildman–Crippen MR) is 94.5 cm³/mol. The average molecular weight is 354 g/mol. The number of amidine groups is 1. The van der Waals surface area contributed by atoms with E-state index >= 15 is 0 Å². The molecule has 0 aromatic heterocycles. The van der Waals surface area contributed by atoms with Crippen LogP contribution in [0.3, 0.4) is 0 Å². The van der Waals surface area contributed by atoms with Gasteiger partial charge in [0.05, 0.1) is 0 Å². The molecule has 2 N–H and O–H groups in total. The van der Waals surface area contributed by atoms with Crippen LogP contribution >= 0.6 is 11.8 Å². The zero-order valence-electron chi connectivity index (χ0n) is 14.6. The molecule has 24 heavy (non-hydrogen) atoms. The Morgan fingerprint density at radius 1 is 1.21 bits per heavy atom. The first-order chi connectivity index (χ1) is 11.3. The number of hydrogen-bond acceptors (Lipinski definition) is 5. The zero-order valence-corrected chi connectivity index (χ0v) is 15.4. The van der Waals surface area contributed by atoms with Crippen molar-refractivity contribution in [1.82, 2.24) is 15.6 Å². The van der Waals surface area contributed by atoms with Crippen LogP contribution in [0.2, 0.25) is 0 Å². The molecule has 1 aliphatic carbocycles. The van der Waals surface area contributed by atoms with Gasteiger partial charge < -0.3 is 10.2 Å². The van der Waals surface area contributed by atoms with E-state index in [0.717, 1.165) is 44.4 Å². The molecule has 7 nitrogen and oxygen atoms in total. The number of nitrogens with zero attached hydrogens (tertiary/aromatic N) is 2. The van der Waals surface area contributed by atoms with Gasteiger partial charge in [-0.05, 0) is 26.7 Å². The van der Waals surface area contributed by atoms with E-state index in [1.54, 1.807) is 13.8 Å². The van der Waals surface area contributed by atoms with Crippen molar-refractivity contribution in [3.63, 3.8) is 0 Å². The highest BCUT2D eigenvalue weighted by Crippen LogP contribution is 2.24. The molecule has 0 aromatic carbocycles. The number of thioether (sulfide) groups is 1. The molecule has 2 fully saturated rings. The summed E-state index contributed by atoms with van der Waals surface area (Å²) in [6.07, 6.45) is 4.92. The Kier molecular flexibility index (Phi) is 6.26. The molecule has 8 heteroatoms. The van der Waals surface area contributed by atoms with Gasteiger partial charge in [0.1, 0.15) is 5.54 Å². The molecule has 1 saturated heterocycles. The van der Waals surface area contributed by atoms with Crippen LogP contribution in [0.1, 0.15) is 46.0 Å². The Balaban J connectivity index is 1.90. The van der Waals surface area contributed by atoms with Crippen molar-refractivity contribution >= 4 is 34.5 Å². The summed E-state index contributed by atoms with van der Waals surface area (Å²) in [5.41, 5.74) is 1.06. The number of carbonyl (C=O) groups excluding carboxylic acids is 3. The van der Waals surface area contributed by atoms with Crippen LogP contribution < -0.4 is 10.7 Å². The fourth-order valence-electron chi connectivity index (χ4n) is 2.86. The number of rotatable bonds is 5. The molecule has 134 valence electrons. The first-order valence-electron chi connectivity index (χ1n) is 8.39. The fourth-order valence-corrected chi connectivity index (χ4v) is 3.83. The van der Waals surface area contributed by atoms with Gasteiger partial charge in [-0.3, -0.25) is 14.4 Å². The van der Waals surface area contributed by atoms with E-state index in [9.17, 15) is 14.4 Å². The minimum absolute atomic E-state index is 0.0577. The molecule has 2 rings (SSSR count). The SMILES string of the molecule is CN1CCSC1=NNC(=O)C(=O)C(C)(C)NC(=O)C1CCCCC1. The highest BCUT2D eigenvalue weighted by atomic mass is 32.2. The van der Waals surface area contributed by atoms with Gasteiger partial charge in [0.15, 0.2) is 5.17 Å². The van der Waals surface area contributed by atoms with Crippen LogP contribution in [0.25, 0.3) is 0 Å². The van der Waals surface area contributed by atoms with Gasteiger partial charge in [-0.15, -0.1) is 5.10 Å². The van der Waals surface area contributed by atoms with Crippen molar-refractivity contribution in [3.05, 3.63) is 0 Å². The van der Waals surface area contributed by atoms with Crippen LogP contribution in [0.4, 0.5) is 0 Å². The first-order valence-corrected chi connectivity index (χ1v) is 9.38. The molecule has 1 saturated carbocycles. The number of hydrazone groups is 1. The fraction of sp³-hybridized carbons (Fsp3) is 0.750. The van der Waals surface area contributed by atoms with E-state index < -0.39 is 17.2 Å². The summed E-state index contributed by atoms with van der Waals surface area (Å²) < 4.78 is 0. The van der Waals surface area contributed by atoms with Gasteiger partial charge >= 0.3 is 5.91 Å². The summed E-state index contributed by atoms with van der Waals surface area (Å²) in [5, 5.41) is 7.39. The Morgan fingerprint density at radius 2 is 1.88 bits per heavy atom. The summed E-state index contributed by atoms with van der Waals surface area (Å²) >= 11 is 1.52. The third-order valence-corrected chi connectivity index (χ3v) is 5.47. The van der Waals surface area contributed by atoms with Crippen molar-refractivity contribution in [1.29, 1.82) is 0 Å². The van der Waals surface area contributed by atoms with Gasteiger partial charge in [-0.2, -0.15) is 0 Å². The molecular weight excluding hydrogens is 328 g/mol. The zero-order chi connectivity index (χ0) is 17.7. The van der Waals surface area contributed by atoms with Crippen molar-refractivity contribution in [2.45, 2.75) is 51.5 Å². The minimum Gasteiger partial charge on any atom is -0.352 e. The summed E-state index contributed by atoms with van der Waals surface area (Å²) in [5.74, 6) is -0.794. The second-order valence-corrected chi connectivity index (χ2v) is 7.95. The van der Waals surface area contributed by atoms with Crippen LogP contribution in [-0.4, -0.2) is 52.5 Å².